The summed E-state index contributed by atoms with van der Waals surface area (Å²) >= 11 is 0. The van der Waals surface area contributed by atoms with Gasteiger partial charge in [0.05, 0.1) is 4.92 Å². The Labute approximate surface area is 105 Å². The van der Waals surface area contributed by atoms with Crippen LogP contribution in [0.1, 0.15) is 26.2 Å². The number of aromatic nitrogens is 2. The van der Waals surface area contributed by atoms with Crippen molar-refractivity contribution in [2.45, 2.75) is 32.2 Å². The molecule has 0 aliphatic heterocycles. The molecule has 0 atom stereocenters. The van der Waals surface area contributed by atoms with Crippen molar-refractivity contribution in [1.82, 2.24) is 9.97 Å². The number of anilines is 2. The maximum atomic E-state index is 11.0. The summed E-state index contributed by atoms with van der Waals surface area (Å²) in [6, 6.07) is 0.373. The maximum absolute atomic E-state index is 11.0. The molecule has 1 fully saturated rings. The van der Waals surface area contributed by atoms with Gasteiger partial charge in [-0.15, -0.1) is 0 Å². The summed E-state index contributed by atoms with van der Waals surface area (Å²) in [7, 11) is 1.84. The van der Waals surface area contributed by atoms with Gasteiger partial charge in [0.1, 0.15) is 6.20 Å². The van der Waals surface area contributed by atoms with Gasteiger partial charge < -0.3 is 10.2 Å². The van der Waals surface area contributed by atoms with Gasteiger partial charge in [-0.1, -0.05) is 6.92 Å². The van der Waals surface area contributed by atoms with E-state index in [0.717, 1.165) is 25.8 Å². The van der Waals surface area contributed by atoms with Crippen LogP contribution in [0.2, 0.25) is 0 Å². The molecule has 0 bridgehead atoms. The molecule has 1 aliphatic rings. The first kappa shape index (κ1) is 12.5. The molecule has 1 saturated carbocycles. The zero-order valence-electron chi connectivity index (χ0n) is 10.6. The van der Waals surface area contributed by atoms with Crippen LogP contribution in [0.4, 0.5) is 17.5 Å². The monoisotopic (exact) mass is 251 g/mol. The quantitative estimate of drug-likeness (QED) is 0.613. The molecule has 0 spiro atoms. The van der Waals surface area contributed by atoms with Crippen LogP contribution < -0.4 is 10.2 Å². The summed E-state index contributed by atoms with van der Waals surface area (Å²) in [5.74, 6) is 0.848. The zero-order valence-corrected chi connectivity index (χ0v) is 10.6. The first-order valence-electron chi connectivity index (χ1n) is 6.11. The van der Waals surface area contributed by atoms with Gasteiger partial charge in [0.25, 0.3) is 0 Å². The van der Waals surface area contributed by atoms with Crippen LogP contribution in [0, 0.1) is 10.1 Å². The Morgan fingerprint density at radius 1 is 1.61 bits per heavy atom. The van der Waals surface area contributed by atoms with Crippen LogP contribution in [-0.4, -0.2) is 34.5 Å². The van der Waals surface area contributed by atoms with Crippen molar-refractivity contribution in [3.8, 4) is 0 Å². The van der Waals surface area contributed by atoms with Gasteiger partial charge in [0.2, 0.25) is 11.8 Å². The summed E-state index contributed by atoms with van der Waals surface area (Å²) < 4.78 is 0. The summed E-state index contributed by atoms with van der Waals surface area (Å²) in [6.07, 6.45) is 4.36. The lowest BCUT2D eigenvalue weighted by Crippen LogP contribution is -2.22. The first-order chi connectivity index (χ1) is 8.63. The molecule has 1 aromatic rings. The van der Waals surface area contributed by atoms with Crippen LogP contribution in [0.25, 0.3) is 0 Å². The van der Waals surface area contributed by atoms with Crippen molar-refractivity contribution < 1.29 is 4.92 Å². The van der Waals surface area contributed by atoms with E-state index in [0.29, 0.717) is 17.8 Å². The predicted molar refractivity (Wildman–Crippen MR) is 68.9 cm³/mol. The normalized spacial score (nSPS) is 14.3. The number of hydrogen-bond acceptors (Lipinski definition) is 6. The van der Waals surface area contributed by atoms with Crippen molar-refractivity contribution in [3.63, 3.8) is 0 Å². The highest BCUT2D eigenvalue weighted by Crippen LogP contribution is 2.34. The lowest BCUT2D eigenvalue weighted by Gasteiger charge is -2.17. The lowest BCUT2D eigenvalue weighted by molar-refractivity contribution is -0.384. The van der Waals surface area contributed by atoms with E-state index in [1.165, 1.54) is 6.20 Å². The minimum absolute atomic E-state index is 0.0357. The largest absolute Gasteiger partial charge is 0.354 e. The molecule has 7 heteroatoms. The van der Waals surface area contributed by atoms with Gasteiger partial charge in [0, 0.05) is 19.6 Å². The molecular formula is C11H17N5O2. The molecule has 1 aliphatic carbocycles. The highest BCUT2D eigenvalue weighted by Gasteiger charge is 2.32. The summed E-state index contributed by atoms with van der Waals surface area (Å²) in [5, 5.41) is 14.0. The van der Waals surface area contributed by atoms with Gasteiger partial charge in [-0.05, 0) is 19.3 Å². The predicted octanol–water partition coefficient (Wildman–Crippen LogP) is 1.81. The number of nitrogens with zero attached hydrogens (tertiary/aromatic N) is 4. The minimum atomic E-state index is -0.433. The lowest BCUT2D eigenvalue weighted by atomic mass is 10.4. The van der Waals surface area contributed by atoms with Gasteiger partial charge in [-0.3, -0.25) is 10.1 Å². The van der Waals surface area contributed by atoms with Crippen molar-refractivity contribution in [3.05, 3.63) is 16.3 Å². The highest BCUT2D eigenvalue weighted by molar-refractivity contribution is 5.59. The molecule has 18 heavy (non-hydrogen) atoms. The molecule has 0 aromatic carbocycles. The Kier molecular flexibility index (Phi) is 3.59. The van der Waals surface area contributed by atoms with E-state index in [2.05, 4.69) is 15.3 Å². The van der Waals surface area contributed by atoms with E-state index < -0.39 is 4.92 Å². The van der Waals surface area contributed by atoms with E-state index in [9.17, 15) is 10.1 Å². The topological polar surface area (TPSA) is 84.2 Å². The molecule has 0 unspecified atom stereocenters. The van der Waals surface area contributed by atoms with Gasteiger partial charge in [-0.25, -0.2) is 4.98 Å². The van der Waals surface area contributed by atoms with E-state index >= 15 is 0 Å². The number of rotatable bonds is 6. The van der Waals surface area contributed by atoms with Gasteiger partial charge in [0.15, 0.2) is 0 Å². The third kappa shape index (κ3) is 2.66. The second-order valence-corrected chi connectivity index (χ2v) is 4.43. The maximum Gasteiger partial charge on any atom is 0.329 e. The third-order valence-electron chi connectivity index (χ3n) is 2.91. The Bertz CT molecular complexity index is 447. The first-order valence-corrected chi connectivity index (χ1v) is 6.11. The van der Waals surface area contributed by atoms with E-state index in [-0.39, 0.29) is 5.69 Å². The number of nitro groups is 1. The Morgan fingerprint density at radius 2 is 2.33 bits per heavy atom. The van der Waals surface area contributed by atoms with Crippen molar-refractivity contribution in [2.75, 3.05) is 23.8 Å². The van der Waals surface area contributed by atoms with Crippen molar-refractivity contribution >= 4 is 17.5 Å². The number of nitrogens with one attached hydrogen (secondary N) is 1. The van der Waals surface area contributed by atoms with Gasteiger partial charge >= 0.3 is 5.69 Å². The summed E-state index contributed by atoms with van der Waals surface area (Å²) in [6.45, 7) is 2.79. The highest BCUT2D eigenvalue weighted by atomic mass is 16.6. The van der Waals surface area contributed by atoms with Crippen LogP contribution in [-0.2, 0) is 0 Å². The Balaban J connectivity index is 2.28. The summed E-state index contributed by atoms with van der Waals surface area (Å²) in [5.41, 5.74) is -0.0357. The second kappa shape index (κ2) is 5.16. The molecule has 7 nitrogen and oxygen atoms in total. The molecule has 0 saturated heterocycles. The van der Waals surface area contributed by atoms with Gasteiger partial charge in [-0.2, -0.15) is 4.98 Å². The molecule has 1 heterocycles. The Morgan fingerprint density at radius 3 is 2.89 bits per heavy atom. The zero-order chi connectivity index (χ0) is 13.1. The molecular weight excluding hydrogens is 234 g/mol. The molecule has 1 aromatic heterocycles. The van der Waals surface area contributed by atoms with Crippen LogP contribution in [0.15, 0.2) is 6.20 Å². The minimum Gasteiger partial charge on any atom is -0.354 e. The van der Waals surface area contributed by atoms with Crippen LogP contribution >= 0.6 is 0 Å². The average Bonchev–Trinajstić information content (AvgIpc) is 3.19. The van der Waals surface area contributed by atoms with Crippen molar-refractivity contribution in [2.24, 2.45) is 0 Å². The molecule has 1 N–H and O–H groups in total. The van der Waals surface area contributed by atoms with Crippen LogP contribution in [0.5, 0.6) is 0 Å². The number of hydrogen-bond donors (Lipinski definition) is 1. The Hall–Kier alpha value is -1.92. The van der Waals surface area contributed by atoms with Crippen LogP contribution in [0.3, 0.4) is 0 Å². The average molecular weight is 251 g/mol. The fraction of sp³-hybridized carbons (Fsp3) is 0.636. The molecule has 98 valence electrons. The molecule has 0 amide bonds. The third-order valence-corrected chi connectivity index (χ3v) is 2.91. The smallest absolute Gasteiger partial charge is 0.329 e. The summed E-state index contributed by atoms with van der Waals surface area (Å²) in [4.78, 5) is 20.6. The fourth-order valence-corrected chi connectivity index (χ4v) is 1.71. The molecule has 2 rings (SSSR count). The van der Waals surface area contributed by atoms with E-state index in [1.807, 2.05) is 18.9 Å². The van der Waals surface area contributed by atoms with E-state index in [1.54, 1.807) is 0 Å². The van der Waals surface area contributed by atoms with E-state index in [4.69, 9.17) is 0 Å². The fourth-order valence-electron chi connectivity index (χ4n) is 1.71. The SMILES string of the molecule is CCCNc1ncc([N+](=O)[O-])c(N(C)C2CC2)n1. The van der Waals surface area contributed by atoms with Crippen molar-refractivity contribution in [1.29, 1.82) is 0 Å². The standard InChI is InChI=1S/C11H17N5O2/c1-3-6-12-11-13-7-9(16(17)18)10(14-11)15(2)8-4-5-8/h7-8H,3-6H2,1-2H3,(H,12,13,14). The second-order valence-electron chi connectivity index (χ2n) is 4.43. The molecule has 0 radical (unpaired) electrons.